The average molecular weight is 347 g/mol. The average Bonchev–Trinajstić information content (AvgIpc) is 2.44. The molecule has 0 aliphatic carbocycles. The lowest BCUT2D eigenvalue weighted by molar-refractivity contribution is -0.139. The summed E-state index contributed by atoms with van der Waals surface area (Å²) in [5, 5.41) is 0. The van der Waals surface area contributed by atoms with Crippen molar-refractivity contribution in [3.63, 3.8) is 0 Å². The lowest BCUT2D eigenvalue weighted by Gasteiger charge is -2.04. The van der Waals surface area contributed by atoms with E-state index in [2.05, 4.69) is 4.40 Å². The highest BCUT2D eigenvalue weighted by Gasteiger charge is 2.15. The number of ether oxygens (including phenoxy) is 1. The normalized spacial score (nSPS) is 12.2. The lowest BCUT2D eigenvalue weighted by atomic mass is 10.2. The topological polar surface area (TPSA) is 72.8 Å². The Morgan fingerprint density at radius 1 is 1.29 bits per heavy atom. The maximum absolute atomic E-state index is 12.2. The molecule has 0 saturated carbocycles. The van der Waals surface area contributed by atoms with Crippen LogP contribution in [0.2, 0.25) is 0 Å². The molecule has 0 heterocycles. The summed E-state index contributed by atoms with van der Waals surface area (Å²) >= 11 is 2.23. The Morgan fingerprint density at radius 2 is 1.90 bits per heavy atom. The second-order valence-electron chi connectivity index (χ2n) is 3.94. The van der Waals surface area contributed by atoms with Crippen LogP contribution in [0.3, 0.4) is 0 Å². The smallest absolute Gasteiger partial charge is 0.316 e. The minimum Gasteiger partial charge on any atom is -0.465 e. The second kappa shape index (κ2) is 8.45. The Balaban J connectivity index is 2.85. The summed E-state index contributed by atoms with van der Waals surface area (Å²) in [6.07, 6.45) is 1.71. The molecule has 0 aliphatic heterocycles. The van der Waals surface area contributed by atoms with Gasteiger partial charge in [0.25, 0.3) is 10.0 Å². The molecule has 0 saturated heterocycles. The van der Waals surface area contributed by atoms with E-state index >= 15 is 0 Å². The second-order valence-corrected chi connectivity index (χ2v) is 7.56. The molecule has 0 fully saturated rings. The van der Waals surface area contributed by atoms with Crippen molar-refractivity contribution in [1.82, 2.24) is 0 Å². The van der Waals surface area contributed by atoms with Gasteiger partial charge < -0.3 is 4.74 Å². The van der Waals surface area contributed by atoms with E-state index in [1.807, 2.05) is 6.92 Å². The summed E-state index contributed by atoms with van der Waals surface area (Å²) in [6.45, 7) is 3.89. The Hall–Kier alpha value is -0.990. The van der Waals surface area contributed by atoms with Crippen molar-refractivity contribution in [3.05, 3.63) is 29.8 Å². The van der Waals surface area contributed by atoms with Gasteiger partial charge in [0.05, 0.1) is 17.3 Å². The molecule has 5 nitrogen and oxygen atoms in total. The largest absolute Gasteiger partial charge is 0.465 e. The molecule has 1 aromatic carbocycles. The maximum atomic E-state index is 12.2. The molecule has 8 heteroatoms. The number of esters is 1. The third-order valence-electron chi connectivity index (χ3n) is 2.31. The molecule has 0 bridgehead atoms. The molecule has 0 spiro atoms. The van der Waals surface area contributed by atoms with Gasteiger partial charge in [-0.3, -0.25) is 4.79 Å². The van der Waals surface area contributed by atoms with Crippen LogP contribution >= 0.6 is 23.5 Å². The van der Waals surface area contributed by atoms with Crippen molar-refractivity contribution in [2.24, 2.45) is 4.40 Å². The fraction of sp³-hybridized carbons (Fsp3) is 0.385. The minimum atomic E-state index is -3.75. The van der Waals surface area contributed by atoms with Gasteiger partial charge in [-0.05, 0) is 32.2 Å². The SMILES string of the molecule is CCOC(=O)CS/C(=N/S(=O)(=O)c1ccc(C)cc1)SC. The van der Waals surface area contributed by atoms with Crippen LogP contribution in [0, 0.1) is 6.92 Å². The van der Waals surface area contributed by atoms with Gasteiger partial charge in [0.15, 0.2) is 0 Å². The summed E-state index contributed by atoms with van der Waals surface area (Å²) in [5.74, 6) is -0.353. The Morgan fingerprint density at radius 3 is 2.43 bits per heavy atom. The number of carbonyl (C=O) groups excluding carboxylic acids is 1. The first-order chi connectivity index (χ1) is 9.89. The number of benzene rings is 1. The van der Waals surface area contributed by atoms with E-state index in [9.17, 15) is 13.2 Å². The molecule has 116 valence electrons. The van der Waals surface area contributed by atoms with Gasteiger partial charge >= 0.3 is 5.97 Å². The van der Waals surface area contributed by atoms with Gasteiger partial charge in [-0.2, -0.15) is 8.42 Å². The van der Waals surface area contributed by atoms with Crippen LogP contribution in [-0.2, 0) is 19.6 Å². The highest BCUT2D eigenvalue weighted by molar-refractivity contribution is 8.39. The Kier molecular flexibility index (Phi) is 7.27. The molecule has 1 rings (SSSR count). The highest BCUT2D eigenvalue weighted by atomic mass is 32.2. The van der Waals surface area contributed by atoms with E-state index in [1.54, 1.807) is 25.3 Å². The van der Waals surface area contributed by atoms with Crippen molar-refractivity contribution in [2.75, 3.05) is 18.6 Å². The van der Waals surface area contributed by atoms with Crippen molar-refractivity contribution in [3.8, 4) is 0 Å². The van der Waals surface area contributed by atoms with Crippen LogP contribution in [-0.4, -0.2) is 37.4 Å². The van der Waals surface area contributed by atoms with Crippen molar-refractivity contribution < 1.29 is 17.9 Å². The number of hydrogen-bond donors (Lipinski definition) is 0. The van der Waals surface area contributed by atoms with Crippen LogP contribution in [0.25, 0.3) is 0 Å². The maximum Gasteiger partial charge on any atom is 0.316 e. The Labute approximate surface area is 133 Å². The van der Waals surface area contributed by atoms with Crippen LogP contribution in [0.4, 0.5) is 0 Å². The number of nitrogens with zero attached hydrogens (tertiary/aromatic N) is 1. The van der Waals surface area contributed by atoms with Crippen molar-refractivity contribution in [1.29, 1.82) is 0 Å². The van der Waals surface area contributed by atoms with Gasteiger partial charge in [-0.1, -0.05) is 29.5 Å². The predicted octanol–water partition coefficient (Wildman–Crippen LogP) is 2.70. The van der Waals surface area contributed by atoms with Gasteiger partial charge in [-0.15, -0.1) is 16.2 Å². The van der Waals surface area contributed by atoms with Crippen molar-refractivity contribution >= 4 is 43.9 Å². The molecule has 0 N–H and O–H groups in total. The quantitative estimate of drug-likeness (QED) is 0.463. The molecular formula is C13H17NO4S3. The van der Waals surface area contributed by atoms with E-state index in [1.165, 1.54) is 23.9 Å². The fourth-order valence-electron chi connectivity index (χ4n) is 1.31. The molecule has 0 radical (unpaired) electrons. The standard InChI is InChI=1S/C13H17NO4S3/c1-4-18-12(15)9-20-13(19-3)14-21(16,17)11-7-5-10(2)6-8-11/h5-8H,4,9H2,1-3H3/b14-13+. The van der Waals surface area contributed by atoms with Crippen LogP contribution < -0.4 is 0 Å². The molecule has 21 heavy (non-hydrogen) atoms. The number of carbonyl (C=O) groups is 1. The zero-order valence-corrected chi connectivity index (χ0v) is 14.5. The minimum absolute atomic E-state index is 0.0386. The molecule has 0 atom stereocenters. The first kappa shape index (κ1) is 18.1. The lowest BCUT2D eigenvalue weighted by Crippen LogP contribution is -2.08. The van der Waals surface area contributed by atoms with Crippen molar-refractivity contribution in [2.45, 2.75) is 18.7 Å². The molecule has 0 aromatic heterocycles. The number of thioether (sulfide) groups is 2. The highest BCUT2D eigenvalue weighted by Crippen LogP contribution is 2.20. The monoisotopic (exact) mass is 347 g/mol. The summed E-state index contributed by atoms with van der Waals surface area (Å²) in [6, 6.07) is 6.46. The number of aryl methyl sites for hydroxylation is 1. The van der Waals surface area contributed by atoms with Gasteiger partial charge in [0.1, 0.15) is 4.38 Å². The van der Waals surface area contributed by atoms with Gasteiger partial charge in [-0.25, -0.2) is 0 Å². The molecular weight excluding hydrogens is 330 g/mol. The Bertz CT molecular complexity index is 609. The molecule has 0 aliphatic rings. The number of hydrogen-bond acceptors (Lipinski definition) is 6. The predicted molar refractivity (Wildman–Crippen MR) is 88.4 cm³/mol. The van der Waals surface area contributed by atoms with E-state index in [0.29, 0.717) is 11.0 Å². The first-order valence-corrected chi connectivity index (χ1v) is 9.78. The van der Waals surface area contributed by atoms with E-state index in [4.69, 9.17) is 4.74 Å². The third-order valence-corrected chi connectivity index (χ3v) is 5.84. The van der Waals surface area contributed by atoms with Crippen LogP contribution in [0.15, 0.2) is 33.6 Å². The molecule has 1 aromatic rings. The van der Waals surface area contributed by atoms with Gasteiger partial charge in [0.2, 0.25) is 0 Å². The summed E-state index contributed by atoms with van der Waals surface area (Å²) in [5.41, 5.74) is 0.972. The summed E-state index contributed by atoms with van der Waals surface area (Å²) in [4.78, 5) is 11.4. The first-order valence-electron chi connectivity index (χ1n) is 6.13. The number of rotatable bonds is 5. The van der Waals surface area contributed by atoms with E-state index < -0.39 is 16.0 Å². The molecule has 0 unspecified atom stereocenters. The zero-order valence-electron chi connectivity index (χ0n) is 12.0. The summed E-state index contributed by atoms with van der Waals surface area (Å²) < 4.78 is 33.2. The number of sulfonamides is 1. The van der Waals surface area contributed by atoms with Gasteiger partial charge in [0, 0.05) is 0 Å². The van der Waals surface area contributed by atoms with Crippen LogP contribution in [0.5, 0.6) is 0 Å². The fourth-order valence-corrected chi connectivity index (χ4v) is 4.16. The molecule has 0 amide bonds. The third kappa shape index (κ3) is 6.11. The van der Waals surface area contributed by atoms with Crippen LogP contribution in [0.1, 0.15) is 12.5 Å². The van der Waals surface area contributed by atoms with E-state index in [0.717, 1.165) is 17.3 Å². The van der Waals surface area contributed by atoms with E-state index in [-0.39, 0.29) is 10.6 Å². The summed E-state index contributed by atoms with van der Waals surface area (Å²) in [7, 11) is -3.75. The zero-order chi connectivity index (χ0) is 15.9.